The summed E-state index contributed by atoms with van der Waals surface area (Å²) in [6.45, 7) is 3.14. The largest absolute Gasteiger partial charge is 0.369 e. The van der Waals surface area contributed by atoms with E-state index in [0.717, 1.165) is 5.56 Å². The number of hydrogen-bond acceptors (Lipinski definition) is 6. The highest BCUT2D eigenvalue weighted by molar-refractivity contribution is 5.89. The van der Waals surface area contributed by atoms with Gasteiger partial charge in [-0.2, -0.15) is 0 Å². The van der Waals surface area contributed by atoms with Gasteiger partial charge in [-0.1, -0.05) is 30.3 Å². The highest BCUT2D eigenvalue weighted by Gasteiger charge is 2.37. The topological polar surface area (TPSA) is 78.9 Å². The molecule has 0 bridgehead atoms. The predicted molar refractivity (Wildman–Crippen MR) is 102 cm³/mol. The molecule has 1 aromatic heterocycles. The summed E-state index contributed by atoms with van der Waals surface area (Å²) in [5, 5.41) is 0. The number of carbonyl (C=O) groups is 2. The standard InChI is InChI=1S/C20H23N5O3/c26-18-15-28-14-17(25(18)13-16-5-2-1-3-6-16)19(27)23-9-11-24(12-10-23)20-21-7-4-8-22-20/h1-8,17H,9-15H2/t17-/m0/s1. The molecule has 1 atom stereocenters. The van der Waals surface area contributed by atoms with Crippen molar-refractivity contribution in [1.29, 1.82) is 0 Å². The average molecular weight is 381 g/mol. The molecule has 0 spiro atoms. The molecule has 4 rings (SSSR count). The molecule has 146 valence electrons. The lowest BCUT2D eigenvalue weighted by Gasteiger charge is -2.40. The van der Waals surface area contributed by atoms with E-state index in [1.807, 2.05) is 35.2 Å². The van der Waals surface area contributed by atoms with Crippen LogP contribution in [0.5, 0.6) is 0 Å². The Morgan fingerprint density at radius 2 is 1.75 bits per heavy atom. The monoisotopic (exact) mass is 381 g/mol. The third-order valence-electron chi connectivity index (χ3n) is 5.10. The van der Waals surface area contributed by atoms with Crippen molar-refractivity contribution in [3.8, 4) is 0 Å². The number of piperazine rings is 1. The fourth-order valence-corrected chi connectivity index (χ4v) is 3.58. The Morgan fingerprint density at radius 3 is 2.46 bits per heavy atom. The Bertz CT molecular complexity index is 809. The molecule has 1 aromatic carbocycles. The second-order valence-corrected chi connectivity index (χ2v) is 6.90. The zero-order chi connectivity index (χ0) is 19.3. The second kappa shape index (κ2) is 8.35. The van der Waals surface area contributed by atoms with Gasteiger partial charge in [-0.3, -0.25) is 9.59 Å². The van der Waals surface area contributed by atoms with Gasteiger partial charge >= 0.3 is 0 Å². The fraction of sp³-hybridized carbons (Fsp3) is 0.400. The van der Waals surface area contributed by atoms with Gasteiger partial charge in [-0.05, 0) is 11.6 Å². The van der Waals surface area contributed by atoms with E-state index in [0.29, 0.717) is 38.7 Å². The Morgan fingerprint density at radius 1 is 1.04 bits per heavy atom. The number of anilines is 1. The van der Waals surface area contributed by atoms with E-state index in [9.17, 15) is 9.59 Å². The molecule has 2 aliphatic heterocycles. The number of hydrogen-bond donors (Lipinski definition) is 0. The van der Waals surface area contributed by atoms with Crippen LogP contribution in [0.2, 0.25) is 0 Å². The summed E-state index contributed by atoms with van der Waals surface area (Å²) >= 11 is 0. The van der Waals surface area contributed by atoms with Gasteiger partial charge in [0, 0.05) is 45.1 Å². The first-order valence-corrected chi connectivity index (χ1v) is 9.44. The molecule has 0 aliphatic carbocycles. The molecule has 0 saturated carbocycles. The van der Waals surface area contributed by atoms with E-state index in [1.54, 1.807) is 23.4 Å². The Balaban J connectivity index is 1.42. The first-order valence-electron chi connectivity index (χ1n) is 9.44. The number of aromatic nitrogens is 2. The van der Waals surface area contributed by atoms with Gasteiger partial charge in [0.25, 0.3) is 0 Å². The molecule has 2 saturated heterocycles. The van der Waals surface area contributed by atoms with Crippen LogP contribution in [0.25, 0.3) is 0 Å². The summed E-state index contributed by atoms with van der Waals surface area (Å²) in [6, 6.07) is 10.9. The van der Waals surface area contributed by atoms with Gasteiger partial charge < -0.3 is 19.4 Å². The van der Waals surface area contributed by atoms with E-state index in [-0.39, 0.29) is 25.0 Å². The van der Waals surface area contributed by atoms with E-state index >= 15 is 0 Å². The normalized spacial score (nSPS) is 20.4. The van der Waals surface area contributed by atoms with Crippen LogP contribution in [0.4, 0.5) is 5.95 Å². The van der Waals surface area contributed by atoms with Crippen molar-refractivity contribution in [1.82, 2.24) is 19.8 Å². The van der Waals surface area contributed by atoms with E-state index in [4.69, 9.17) is 4.74 Å². The predicted octanol–water partition coefficient (Wildman–Crippen LogP) is 0.553. The van der Waals surface area contributed by atoms with Crippen LogP contribution < -0.4 is 4.90 Å². The molecule has 0 radical (unpaired) electrons. The number of rotatable bonds is 4. The van der Waals surface area contributed by atoms with Gasteiger partial charge in [0.1, 0.15) is 12.6 Å². The van der Waals surface area contributed by atoms with Crippen molar-refractivity contribution in [2.24, 2.45) is 0 Å². The molecular weight excluding hydrogens is 358 g/mol. The maximum Gasteiger partial charge on any atom is 0.249 e. The first kappa shape index (κ1) is 18.4. The Hall–Kier alpha value is -3.00. The molecule has 2 aromatic rings. The van der Waals surface area contributed by atoms with Crippen molar-refractivity contribution >= 4 is 17.8 Å². The average Bonchev–Trinajstić information content (AvgIpc) is 2.76. The zero-order valence-electron chi connectivity index (χ0n) is 15.6. The van der Waals surface area contributed by atoms with Crippen LogP contribution in [0.1, 0.15) is 5.56 Å². The minimum atomic E-state index is -0.582. The van der Waals surface area contributed by atoms with E-state index in [2.05, 4.69) is 14.9 Å². The summed E-state index contributed by atoms with van der Waals surface area (Å²) in [5.74, 6) is 0.471. The van der Waals surface area contributed by atoms with Crippen LogP contribution in [-0.2, 0) is 20.9 Å². The number of carbonyl (C=O) groups excluding carboxylic acids is 2. The summed E-state index contributed by atoms with van der Waals surface area (Å²) in [5.41, 5.74) is 1.00. The van der Waals surface area contributed by atoms with E-state index < -0.39 is 6.04 Å². The molecule has 0 N–H and O–H groups in total. The maximum absolute atomic E-state index is 13.1. The highest BCUT2D eigenvalue weighted by atomic mass is 16.5. The lowest BCUT2D eigenvalue weighted by atomic mass is 10.1. The van der Waals surface area contributed by atoms with Crippen molar-refractivity contribution in [3.05, 3.63) is 54.4 Å². The smallest absolute Gasteiger partial charge is 0.249 e. The molecule has 0 unspecified atom stereocenters. The molecule has 3 heterocycles. The highest BCUT2D eigenvalue weighted by Crippen LogP contribution is 2.17. The Labute approximate surface area is 163 Å². The van der Waals surface area contributed by atoms with Gasteiger partial charge in [-0.25, -0.2) is 9.97 Å². The van der Waals surface area contributed by atoms with Gasteiger partial charge in [0.2, 0.25) is 17.8 Å². The van der Waals surface area contributed by atoms with Gasteiger partial charge in [0.05, 0.1) is 6.61 Å². The summed E-state index contributed by atoms with van der Waals surface area (Å²) in [4.78, 5) is 39.6. The second-order valence-electron chi connectivity index (χ2n) is 6.90. The molecule has 8 nitrogen and oxygen atoms in total. The number of morpholine rings is 1. The molecule has 2 aliphatic rings. The maximum atomic E-state index is 13.1. The quantitative estimate of drug-likeness (QED) is 0.770. The third-order valence-corrected chi connectivity index (χ3v) is 5.10. The zero-order valence-corrected chi connectivity index (χ0v) is 15.6. The molecule has 28 heavy (non-hydrogen) atoms. The Kier molecular flexibility index (Phi) is 5.48. The van der Waals surface area contributed by atoms with Crippen LogP contribution in [-0.4, -0.2) is 77.0 Å². The third kappa shape index (κ3) is 3.96. The SMILES string of the molecule is O=C([C@@H]1COCC(=O)N1Cc1ccccc1)N1CCN(c2ncccn2)CC1. The van der Waals surface area contributed by atoms with Crippen LogP contribution in [0, 0.1) is 0 Å². The number of amides is 2. The van der Waals surface area contributed by atoms with Crippen LogP contribution in [0.15, 0.2) is 48.8 Å². The van der Waals surface area contributed by atoms with Crippen molar-refractivity contribution in [2.45, 2.75) is 12.6 Å². The molecule has 2 amide bonds. The van der Waals surface area contributed by atoms with Crippen molar-refractivity contribution in [2.75, 3.05) is 44.3 Å². The van der Waals surface area contributed by atoms with Gasteiger partial charge in [-0.15, -0.1) is 0 Å². The van der Waals surface area contributed by atoms with Crippen molar-refractivity contribution in [3.63, 3.8) is 0 Å². The summed E-state index contributed by atoms with van der Waals surface area (Å²) in [7, 11) is 0. The lowest BCUT2D eigenvalue weighted by molar-refractivity contribution is -0.160. The number of ether oxygens (including phenoxy) is 1. The fourth-order valence-electron chi connectivity index (χ4n) is 3.58. The van der Waals surface area contributed by atoms with Crippen LogP contribution >= 0.6 is 0 Å². The minimum Gasteiger partial charge on any atom is -0.369 e. The van der Waals surface area contributed by atoms with Crippen LogP contribution in [0.3, 0.4) is 0 Å². The van der Waals surface area contributed by atoms with Gasteiger partial charge in [0.15, 0.2) is 0 Å². The molecule has 8 heteroatoms. The summed E-state index contributed by atoms with van der Waals surface area (Å²) < 4.78 is 5.40. The van der Waals surface area contributed by atoms with Crippen molar-refractivity contribution < 1.29 is 14.3 Å². The molecule has 2 fully saturated rings. The minimum absolute atomic E-state index is 0.0235. The molecular formula is C20H23N5O3. The lowest BCUT2D eigenvalue weighted by Crippen LogP contribution is -2.59. The summed E-state index contributed by atoms with van der Waals surface area (Å²) in [6.07, 6.45) is 3.43. The van der Waals surface area contributed by atoms with E-state index in [1.165, 1.54) is 0 Å². The number of benzene rings is 1. The first-order chi connectivity index (χ1) is 13.7. The number of nitrogens with zero attached hydrogens (tertiary/aromatic N) is 5.